The Kier molecular flexibility index (Phi) is 3.71. The highest BCUT2D eigenvalue weighted by atomic mass is 79.9. The number of amides is 1. The number of benzene rings is 2. The first-order valence-electron chi connectivity index (χ1n) is 5.32. The average molecular weight is 325 g/mol. The zero-order valence-corrected chi connectivity index (χ0v) is 11.2. The van der Waals surface area contributed by atoms with E-state index in [9.17, 15) is 9.18 Å². The van der Waals surface area contributed by atoms with Gasteiger partial charge in [-0.2, -0.15) is 0 Å². The average Bonchev–Trinajstić information content (AvgIpc) is 2.37. The molecule has 0 atom stereocenters. The molecule has 0 saturated heterocycles. The first kappa shape index (κ1) is 13.4. The van der Waals surface area contributed by atoms with Crippen LogP contribution in [0.4, 0.5) is 15.8 Å². The Hall–Kier alpha value is -2.08. The molecule has 0 radical (unpaired) electrons. The van der Waals surface area contributed by atoms with Gasteiger partial charge in [0, 0.05) is 27.5 Å². The number of nitrogens with two attached hydrogens (primary N) is 1. The molecule has 0 aliphatic rings. The molecule has 0 aromatic heterocycles. The molecule has 2 rings (SSSR count). The second kappa shape index (κ2) is 5.27. The molecule has 0 fully saturated rings. The molecule has 2 aromatic carbocycles. The van der Waals surface area contributed by atoms with Crippen LogP contribution in [0.1, 0.15) is 10.4 Å². The normalized spacial score (nSPS) is 10.2. The number of carbonyl (C=O) groups excluding carboxylic acids is 1. The van der Waals surface area contributed by atoms with Crippen molar-refractivity contribution in [2.45, 2.75) is 0 Å². The van der Waals surface area contributed by atoms with Crippen LogP contribution in [0.15, 0.2) is 40.9 Å². The lowest BCUT2D eigenvalue weighted by Gasteiger charge is -2.07. The molecule has 2 aromatic rings. The number of carbonyl (C=O) groups is 1. The summed E-state index contributed by atoms with van der Waals surface area (Å²) >= 11 is 3.23. The number of phenols is 1. The minimum atomic E-state index is -0.798. The van der Waals surface area contributed by atoms with Crippen LogP contribution in [0, 0.1) is 5.82 Å². The number of halogens is 2. The van der Waals surface area contributed by atoms with Gasteiger partial charge in [-0.15, -0.1) is 0 Å². The molecule has 4 N–H and O–H groups in total. The van der Waals surface area contributed by atoms with Gasteiger partial charge >= 0.3 is 0 Å². The lowest BCUT2D eigenvalue weighted by molar-refractivity contribution is 0.102. The summed E-state index contributed by atoms with van der Waals surface area (Å²) in [6, 6.07) is 8.36. The largest absolute Gasteiger partial charge is 0.505 e. The van der Waals surface area contributed by atoms with Gasteiger partial charge in [-0.25, -0.2) is 4.39 Å². The number of phenolic OH excluding ortho intramolecular Hbond substituents is 1. The Morgan fingerprint density at radius 3 is 2.63 bits per heavy atom. The zero-order chi connectivity index (χ0) is 14.0. The summed E-state index contributed by atoms with van der Waals surface area (Å²) in [5.74, 6) is -1.68. The number of hydrogen-bond acceptors (Lipinski definition) is 3. The van der Waals surface area contributed by atoms with Crippen LogP contribution in [-0.2, 0) is 0 Å². The number of nitrogens with one attached hydrogen (secondary N) is 1. The molecule has 0 heterocycles. The van der Waals surface area contributed by atoms with Gasteiger partial charge in [0.05, 0.1) is 0 Å². The molecule has 0 unspecified atom stereocenters. The predicted octanol–water partition coefficient (Wildman–Crippen LogP) is 3.13. The van der Waals surface area contributed by atoms with Gasteiger partial charge in [0.15, 0.2) is 11.6 Å². The summed E-state index contributed by atoms with van der Waals surface area (Å²) in [6.07, 6.45) is 0. The number of hydrogen-bond donors (Lipinski definition) is 3. The molecule has 0 aliphatic carbocycles. The number of rotatable bonds is 2. The van der Waals surface area contributed by atoms with Crippen LogP contribution < -0.4 is 11.1 Å². The summed E-state index contributed by atoms with van der Waals surface area (Å²) in [5, 5.41) is 11.6. The Labute approximate surface area is 117 Å². The topological polar surface area (TPSA) is 75.4 Å². The second-order valence-electron chi connectivity index (χ2n) is 3.86. The van der Waals surface area contributed by atoms with Gasteiger partial charge in [-0.1, -0.05) is 0 Å². The molecular formula is C13H10BrFN2O2. The predicted molar refractivity (Wildman–Crippen MR) is 74.6 cm³/mol. The van der Waals surface area contributed by atoms with Crippen molar-refractivity contribution in [2.24, 2.45) is 0 Å². The van der Waals surface area contributed by atoms with Crippen molar-refractivity contribution in [1.82, 2.24) is 0 Å². The molecule has 4 nitrogen and oxygen atoms in total. The number of aromatic hydroxyl groups is 1. The monoisotopic (exact) mass is 324 g/mol. The molecule has 1 amide bonds. The molecule has 0 spiro atoms. The van der Waals surface area contributed by atoms with E-state index in [2.05, 4.69) is 21.2 Å². The Morgan fingerprint density at radius 2 is 2.00 bits per heavy atom. The molecule has 0 aliphatic heterocycles. The Balaban J connectivity index is 2.20. The summed E-state index contributed by atoms with van der Waals surface area (Å²) in [6.45, 7) is 0. The van der Waals surface area contributed by atoms with Crippen LogP contribution in [0.5, 0.6) is 5.75 Å². The van der Waals surface area contributed by atoms with Crippen molar-refractivity contribution in [3.63, 3.8) is 0 Å². The smallest absolute Gasteiger partial charge is 0.255 e. The highest BCUT2D eigenvalue weighted by Gasteiger charge is 2.09. The Morgan fingerprint density at radius 1 is 1.26 bits per heavy atom. The number of anilines is 2. The van der Waals surface area contributed by atoms with Crippen LogP contribution >= 0.6 is 15.9 Å². The van der Waals surface area contributed by atoms with E-state index in [0.29, 0.717) is 15.7 Å². The van der Waals surface area contributed by atoms with Crippen LogP contribution in [0.25, 0.3) is 0 Å². The highest BCUT2D eigenvalue weighted by molar-refractivity contribution is 9.10. The quantitative estimate of drug-likeness (QED) is 0.586. The summed E-state index contributed by atoms with van der Waals surface area (Å²) in [5.41, 5.74) is 6.72. The van der Waals surface area contributed by atoms with Crippen molar-refractivity contribution < 1.29 is 14.3 Å². The third-order valence-corrected chi connectivity index (χ3v) is 3.19. The molecule has 98 valence electrons. The summed E-state index contributed by atoms with van der Waals surface area (Å²) in [7, 11) is 0. The van der Waals surface area contributed by atoms with Gasteiger partial charge in [-0.05, 0) is 46.3 Å². The maximum atomic E-state index is 13.1. The van der Waals surface area contributed by atoms with Crippen molar-refractivity contribution in [2.75, 3.05) is 11.1 Å². The maximum Gasteiger partial charge on any atom is 0.255 e. The van der Waals surface area contributed by atoms with Crippen LogP contribution in [-0.4, -0.2) is 11.0 Å². The lowest BCUT2D eigenvalue weighted by atomic mass is 10.2. The molecule has 0 bridgehead atoms. The van der Waals surface area contributed by atoms with Crippen molar-refractivity contribution in [1.29, 1.82) is 0 Å². The van der Waals surface area contributed by atoms with E-state index in [4.69, 9.17) is 10.8 Å². The summed E-state index contributed by atoms with van der Waals surface area (Å²) in [4.78, 5) is 11.9. The standard InChI is InChI=1S/C13H10BrFN2O2/c14-9-3-1-7(5-11(9)16)13(19)17-8-2-4-12(18)10(15)6-8/h1-6,18H,16H2,(H,17,19). The molecule has 0 saturated carbocycles. The van der Waals surface area contributed by atoms with E-state index >= 15 is 0 Å². The van der Waals surface area contributed by atoms with E-state index in [-0.39, 0.29) is 5.69 Å². The Bertz CT molecular complexity index is 647. The van der Waals surface area contributed by atoms with E-state index in [1.54, 1.807) is 12.1 Å². The fraction of sp³-hybridized carbons (Fsp3) is 0. The van der Waals surface area contributed by atoms with E-state index in [0.717, 1.165) is 6.07 Å². The third-order valence-electron chi connectivity index (χ3n) is 2.46. The second-order valence-corrected chi connectivity index (χ2v) is 4.71. The van der Waals surface area contributed by atoms with Crippen molar-refractivity contribution in [3.8, 4) is 5.75 Å². The first-order chi connectivity index (χ1) is 8.97. The van der Waals surface area contributed by atoms with Gasteiger partial charge in [-0.3, -0.25) is 4.79 Å². The zero-order valence-electron chi connectivity index (χ0n) is 9.65. The molecule has 19 heavy (non-hydrogen) atoms. The third kappa shape index (κ3) is 3.03. The maximum absolute atomic E-state index is 13.1. The summed E-state index contributed by atoms with van der Waals surface area (Å²) < 4.78 is 13.8. The van der Waals surface area contributed by atoms with Gasteiger partial charge < -0.3 is 16.2 Å². The first-order valence-corrected chi connectivity index (χ1v) is 6.11. The minimum absolute atomic E-state index is 0.252. The van der Waals surface area contributed by atoms with Crippen molar-refractivity contribution >= 4 is 33.2 Å². The van der Waals surface area contributed by atoms with Crippen molar-refractivity contribution in [3.05, 3.63) is 52.3 Å². The number of nitrogen functional groups attached to an aromatic ring is 1. The van der Waals surface area contributed by atoms with Gasteiger partial charge in [0.25, 0.3) is 5.91 Å². The lowest BCUT2D eigenvalue weighted by Crippen LogP contribution is -2.12. The van der Waals surface area contributed by atoms with Crippen LogP contribution in [0.2, 0.25) is 0 Å². The fourth-order valence-electron chi connectivity index (χ4n) is 1.47. The SMILES string of the molecule is Nc1cc(C(=O)Nc2ccc(O)c(F)c2)ccc1Br. The highest BCUT2D eigenvalue weighted by Crippen LogP contribution is 2.22. The van der Waals surface area contributed by atoms with E-state index < -0.39 is 17.5 Å². The van der Waals surface area contributed by atoms with E-state index in [1.807, 2.05) is 0 Å². The van der Waals surface area contributed by atoms with E-state index in [1.165, 1.54) is 18.2 Å². The molecular weight excluding hydrogens is 315 g/mol. The minimum Gasteiger partial charge on any atom is -0.505 e. The molecule has 6 heteroatoms. The van der Waals surface area contributed by atoms with Crippen LogP contribution in [0.3, 0.4) is 0 Å². The van der Waals surface area contributed by atoms with Gasteiger partial charge in [0.2, 0.25) is 0 Å². The fourth-order valence-corrected chi connectivity index (χ4v) is 1.72. The van der Waals surface area contributed by atoms with Gasteiger partial charge in [0.1, 0.15) is 0 Å².